The van der Waals surface area contributed by atoms with Gasteiger partial charge in [0, 0.05) is 24.0 Å². The fraction of sp³-hybridized carbons (Fsp3) is 0.484. The Balaban J connectivity index is 1.85. The first kappa shape index (κ1) is 29.2. The monoisotopic (exact) mass is 522 g/mol. The molecule has 38 heavy (non-hydrogen) atoms. The maximum atomic E-state index is 13.9. The minimum Gasteiger partial charge on any atom is -0.481 e. The van der Waals surface area contributed by atoms with Crippen LogP contribution in [0.1, 0.15) is 107 Å². The number of unbranched alkanes of at least 4 members (excludes halogenated alkanes) is 1. The lowest BCUT2D eigenvalue weighted by molar-refractivity contribution is -0.137. The van der Waals surface area contributed by atoms with Crippen molar-refractivity contribution < 1.29 is 23.9 Å². The van der Waals surface area contributed by atoms with Crippen molar-refractivity contribution >= 4 is 23.4 Å². The largest absolute Gasteiger partial charge is 0.481 e. The van der Waals surface area contributed by atoms with Crippen molar-refractivity contribution in [1.82, 2.24) is 4.90 Å². The molecule has 2 aromatic rings. The van der Waals surface area contributed by atoms with Crippen molar-refractivity contribution in [2.75, 3.05) is 0 Å². The number of hydrogen-bond acceptors (Lipinski definition) is 4. The van der Waals surface area contributed by atoms with Crippen LogP contribution >= 0.6 is 0 Å². The number of aliphatic imine (C=N–C) groups is 1. The Kier molecular flexibility index (Phi) is 9.23. The van der Waals surface area contributed by atoms with E-state index in [1.807, 2.05) is 26.0 Å². The third-order valence-electron chi connectivity index (χ3n) is 6.87. The molecule has 0 aliphatic carbocycles. The number of nitrogens with zero attached hydrogens (tertiary/aromatic N) is 2. The molecule has 0 saturated carbocycles. The first-order valence-corrected chi connectivity index (χ1v) is 13.3. The highest BCUT2D eigenvalue weighted by Crippen LogP contribution is 2.39. The lowest BCUT2D eigenvalue weighted by atomic mass is 9.87. The second-order valence-corrected chi connectivity index (χ2v) is 11.8. The van der Waals surface area contributed by atoms with Crippen LogP contribution in [-0.2, 0) is 9.59 Å². The Morgan fingerprint density at radius 3 is 2.29 bits per heavy atom. The summed E-state index contributed by atoms with van der Waals surface area (Å²) in [6.07, 6.45) is 3.95. The summed E-state index contributed by atoms with van der Waals surface area (Å²) < 4.78 is 13.9. The molecule has 2 aromatic carbocycles. The number of aliphatic carboxylic acids is 1. The first-order chi connectivity index (χ1) is 17.8. The van der Waals surface area contributed by atoms with Crippen LogP contribution < -0.4 is 0 Å². The lowest BCUT2D eigenvalue weighted by Crippen LogP contribution is -2.45. The van der Waals surface area contributed by atoms with Gasteiger partial charge in [0.25, 0.3) is 5.91 Å². The zero-order chi connectivity index (χ0) is 28.1. The third kappa shape index (κ3) is 7.59. The number of halogens is 1. The molecular weight excluding hydrogens is 483 g/mol. The van der Waals surface area contributed by atoms with E-state index in [9.17, 15) is 18.8 Å². The smallest absolute Gasteiger partial charge is 0.303 e. The molecule has 0 spiro atoms. The van der Waals surface area contributed by atoms with Crippen LogP contribution in [-0.4, -0.2) is 39.0 Å². The average Bonchev–Trinajstić information content (AvgIpc) is 3.07. The van der Waals surface area contributed by atoms with E-state index in [0.29, 0.717) is 30.4 Å². The molecule has 204 valence electrons. The van der Waals surface area contributed by atoms with Crippen molar-refractivity contribution in [1.29, 1.82) is 0 Å². The lowest BCUT2D eigenvalue weighted by Gasteiger charge is -2.38. The fourth-order valence-electron chi connectivity index (χ4n) is 4.95. The Morgan fingerprint density at radius 1 is 1.03 bits per heavy atom. The van der Waals surface area contributed by atoms with E-state index in [1.54, 1.807) is 29.2 Å². The summed E-state index contributed by atoms with van der Waals surface area (Å²) in [5, 5.41) is 8.79. The van der Waals surface area contributed by atoms with Gasteiger partial charge in [0.1, 0.15) is 17.2 Å². The van der Waals surface area contributed by atoms with Crippen LogP contribution in [0.2, 0.25) is 0 Å². The topological polar surface area (TPSA) is 87.0 Å². The molecule has 1 aliphatic rings. The fourth-order valence-corrected chi connectivity index (χ4v) is 4.95. The molecule has 0 bridgehead atoms. The SMILES string of the molecule is CC(C)(C)CCCC(c1ccc(C(=O)CCCCC(=O)O)cc1)N1C(=O)C(c2cccc(F)c2)=NC1(C)C. The normalized spacial score (nSPS) is 15.9. The molecule has 1 heterocycles. The van der Waals surface area contributed by atoms with Crippen LogP contribution in [0.5, 0.6) is 0 Å². The maximum Gasteiger partial charge on any atom is 0.303 e. The molecule has 0 fully saturated rings. The summed E-state index contributed by atoms with van der Waals surface area (Å²) in [6, 6.07) is 13.1. The number of ketones is 1. The number of carboxylic acids is 1. The maximum absolute atomic E-state index is 13.9. The molecule has 0 aromatic heterocycles. The van der Waals surface area contributed by atoms with E-state index >= 15 is 0 Å². The van der Waals surface area contributed by atoms with Crippen LogP contribution in [0.4, 0.5) is 4.39 Å². The van der Waals surface area contributed by atoms with Gasteiger partial charge in [-0.1, -0.05) is 63.6 Å². The van der Waals surface area contributed by atoms with Gasteiger partial charge in [-0.15, -0.1) is 0 Å². The zero-order valence-electron chi connectivity index (χ0n) is 23.1. The highest BCUT2D eigenvalue weighted by molar-refractivity contribution is 6.46. The Bertz CT molecular complexity index is 1200. The molecule has 1 atom stereocenters. The van der Waals surface area contributed by atoms with Crippen molar-refractivity contribution in [3.8, 4) is 0 Å². The molecule has 3 rings (SSSR count). The van der Waals surface area contributed by atoms with Crippen LogP contribution in [0.25, 0.3) is 0 Å². The Hall–Kier alpha value is -3.35. The number of amides is 1. The van der Waals surface area contributed by atoms with E-state index in [1.165, 1.54) is 12.1 Å². The number of hydrogen-bond donors (Lipinski definition) is 1. The number of benzene rings is 2. The molecular formula is C31H39FN2O4. The van der Waals surface area contributed by atoms with Crippen LogP contribution in [0, 0.1) is 11.2 Å². The van der Waals surface area contributed by atoms with E-state index < -0.39 is 17.4 Å². The molecule has 0 saturated heterocycles. The second-order valence-electron chi connectivity index (χ2n) is 11.8. The molecule has 1 N–H and O–H groups in total. The number of carbonyl (C=O) groups is 3. The van der Waals surface area contributed by atoms with E-state index in [0.717, 1.165) is 24.8 Å². The highest BCUT2D eigenvalue weighted by Gasteiger charge is 2.44. The summed E-state index contributed by atoms with van der Waals surface area (Å²) in [5.41, 5.74) is 1.52. The first-order valence-electron chi connectivity index (χ1n) is 13.3. The summed E-state index contributed by atoms with van der Waals surface area (Å²) in [4.78, 5) is 43.6. The molecule has 7 heteroatoms. The Labute approximate surface area is 225 Å². The minimum absolute atomic E-state index is 0.0273. The Morgan fingerprint density at radius 2 is 1.68 bits per heavy atom. The van der Waals surface area contributed by atoms with Gasteiger partial charge in [0.05, 0.1) is 6.04 Å². The van der Waals surface area contributed by atoms with Gasteiger partial charge in [-0.05, 0) is 62.6 Å². The van der Waals surface area contributed by atoms with E-state index in [-0.39, 0.29) is 35.3 Å². The highest BCUT2D eigenvalue weighted by atomic mass is 19.1. The van der Waals surface area contributed by atoms with E-state index in [4.69, 9.17) is 10.1 Å². The van der Waals surface area contributed by atoms with Crippen LogP contribution in [0.3, 0.4) is 0 Å². The van der Waals surface area contributed by atoms with Crippen molar-refractivity contribution in [2.24, 2.45) is 10.4 Å². The standard InChI is InChI=1S/C31H39FN2O4/c1-30(2,3)19-9-12-25(21-15-17-22(18-16-21)26(35)13-6-7-14-27(36)37)34-29(38)28(33-31(34,4)5)23-10-8-11-24(32)20-23/h8,10-11,15-18,20,25H,6-7,9,12-14,19H2,1-5H3,(H,36,37). The van der Waals surface area contributed by atoms with Crippen LogP contribution in [0.15, 0.2) is 53.5 Å². The average molecular weight is 523 g/mol. The molecule has 1 aliphatic heterocycles. The molecule has 1 unspecified atom stereocenters. The molecule has 0 radical (unpaired) electrons. The summed E-state index contributed by atoms with van der Waals surface area (Å²) in [6.45, 7) is 10.4. The van der Waals surface area contributed by atoms with Crippen molar-refractivity contribution in [3.05, 3.63) is 71.0 Å². The van der Waals surface area contributed by atoms with Crippen molar-refractivity contribution in [3.63, 3.8) is 0 Å². The predicted molar refractivity (Wildman–Crippen MR) is 147 cm³/mol. The second kappa shape index (κ2) is 12.0. The van der Waals surface area contributed by atoms with Gasteiger partial charge in [0.2, 0.25) is 0 Å². The number of carbonyl (C=O) groups excluding carboxylic acids is 2. The summed E-state index contributed by atoms with van der Waals surface area (Å²) in [7, 11) is 0. The van der Waals surface area contributed by atoms with Crippen molar-refractivity contribution in [2.45, 2.75) is 91.3 Å². The van der Waals surface area contributed by atoms with Gasteiger partial charge >= 0.3 is 5.97 Å². The zero-order valence-corrected chi connectivity index (χ0v) is 23.1. The number of carboxylic acid groups (broad SMARTS) is 1. The van der Waals surface area contributed by atoms with E-state index in [2.05, 4.69) is 20.8 Å². The van der Waals surface area contributed by atoms with Gasteiger partial charge in [-0.3, -0.25) is 19.4 Å². The minimum atomic E-state index is -0.858. The summed E-state index contributed by atoms with van der Waals surface area (Å²) >= 11 is 0. The molecule has 6 nitrogen and oxygen atoms in total. The van der Waals surface area contributed by atoms with Gasteiger partial charge in [-0.2, -0.15) is 0 Å². The van der Waals surface area contributed by atoms with Gasteiger partial charge < -0.3 is 10.0 Å². The number of Topliss-reactive ketones (excluding diaryl/α,β-unsaturated/α-hetero) is 1. The quantitative estimate of drug-likeness (QED) is 0.241. The third-order valence-corrected chi connectivity index (χ3v) is 6.87. The van der Waals surface area contributed by atoms with Gasteiger partial charge in [0.15, 0.2) is 5.78 Å². The predicted octanol–water partition coefficient (Wildman–Crippen LogP) is 6.98. The number of rotatable bonds is 12. The van der Waals surface area contributed by atoms with Gasteiger partial charge in [-0.25, -0.2) is 4.39 Å². The summed E-state index contributed by atoms with van der Waals surface area (Å²) in [5.74, 6) is -1.54. The molecule has 1 amide bonds.